The van der Waals surface area contributed by atoms with Gasteiger partial charge in [-0.05, 0) is 18.1 Å². The van der Waals surface area contributed by atoms with Crippen LogP contribution in [0.4, 0.5) is 0 Å². The molecular formula is C18H21N3O5. The van der Waals surface area contributed by atoms with E-state index < -0.39 is 30.1 Å². The number of hydrogen-bond donors (Lipinski definition) is 5. The van der Waals surface area contributed by atoms with Crippen LogP contribution in [0.3, 0.4) is 0 Å². The first-order valence-corrected chi connectivity index (χ1v) is 8.41. The molecule has 3 atom stereocenters. The zero-order valence-corrected chi connectivity index (χ0v) is 14.3. The number of β-amino-alcohol motifs (C(OH)–C–C–N with tert-alkyl or cyclic N) is 1. The molecule has 5 N–H and O–H groups in total. The smallest absolute Gasteiger partial charge is 0.326 e. The molecule has 0 radical (unpaired) electrons. The fraction of sp³-hybridized carbons (Fsp3) is 0.389. The van der Waals surface area contributed by atoms with Crippen molar-refractivity contribution >= 4 is 28.6 Å². The van der Waals surface area contributed by atoms with Crippen LogP contribution in [0, 0.1) is 0 Å². The van der Waals surface area contributed by atoms with Crippen LogP contribution in [-0.4, -0.2) is 57.6 Å². The predicted octanol–water partition coefficient (Wildman–Crippen LogP) is 0.205. The molecule has 0 bridgehead atoms. The van der Waals surface area contributed by atoms with Crippen molar-refractivity contribution in [3.8, 4) is 0 Å². The van der Waals surface area contributed by atoms with Gasteiger partial charge in [0.05, 0.1) is 12.1 Å². The Balaban J connectivity index is 1.96. The van der Waals surface area contributed by atoms with Gasteiger partial charge in [-0.1, -0.05) is 12.1 Å². The minimum atomic E-state index is -1.14. The third-order valence-electron chi connectivity index (χ3n) is 4.58. The molecule has 2 heterocycles. The average molecular weight is 359 g/mol. The van der Waals surface area contributed by atoms with Gasteiger partial charge in [0.25, 0.3) is 0 Å². The van der Waals surface area contributed by atoms with Crippen molar-refractivity contribution in [2.24, 2.45) is 0 Å². The molecule has 0 saturated carbocycles. The van der Waals surface area contributed by atoms with E-state index >= 15 is 0 Å². The number of carboxylic acid groups (broad SMARTS) is 1. The molecule has 0 spiro atoms. The number of carboxylic acids is 1. The number of nitrogens with one attached hydrogen (secondary N) is 3. The van der Waals surface area contributed by atoms with Crippen LogP contribution in [0.25, 0.3) is 10.9 Å². The van der Waals surface area contributed by atoms with Gasteiger partial charge < -0.3 is 25.8 Å². The van der Waals surface area contributed by atoms with Crippen LogP contribution in [0.2, 0.25) is 0 Å². The quantitative estimate of drug-likeness (QED) is 0.468. The highest BCUT2D eigenvalue weighted by atomic mass is 16.4. The molecule has 0 unspecified atom stereocenters. The summed E-state index contributed by atoms with van der Waals surface area (Å²) in [4.78, 5) is 38.6. The van der Waals surface area contributed by atoms with Crippen molar-refractivity contribution in [1.29, 1.82) is 0 Å². The number of ketones is 1. The molecule has 1 aliphatic heterocycles. The lowest BCUT2D eigenvalue weighted by Gasteiger charge is -2.14. The number of amides is 1. The molecule has 138 valence electrons. The molecule has 1 aromatic carbocycles. The molecule has 8 heteroatoms. The largest absolute Gasteiger partial charge is 0.480 e. The number of aliphatic carboxylic acids is 1. The van der Waals surface area contributed by atoms with E-state index in [-0.39, 0.29) is 12.2 Å². The van der Waals surface area contributed by atoms with Gasteiger partial charge in [0.15, 0.2) is 5.78 Å². The second kappa shape index (κ2) is 7.27. The molecular weight excluding hydrogens is 338 g/mol. The van der Waals surface area contributed by atoms with E-state index in [1.165, 1.54) is 6.92 Å². The number of carbonyl (C=O) groups excluding carboxylic acids is 2. The Morgan fingerprint density at radius 2 is 2.12 bits per heavy atom. The number of Topliss-reactive ketones (excluding diaryl/α,β-unsaturated/α-hetero) is 1. The van der Waals surface area contributed by atoms with Crippen LogP contribution in [0.1, 0.15) is 29.3 Å². The first-order chi connectivity index (χ1) is 12.4. The highest BCUT2D eigenvalue weighted by Gasteiger charge is 2.30. The molecule has 1 amide bonds. The Bertz CT molecular complexity index is 860. The number of aromatic nitrogens is 1. The van der Waals surface area contributed by atoms with Crippen LogP contribution in [-0.2, 0) is 16.0 Å². The molecule has 1 saturated heterocycles. The van der Waals surface area contributed by atoms with E-state index in [1.807, 2.05) is 0 Å². The number of fused-ring (bicyclic) bond motifs is 1. The van der Waals surface area contributed by atoms with E-state index in [9.17, 15) is 24.6 Å². The zero-order valence-electron chi connectivity index (χ0n) is 14.3. The van der Waals surface area contributed by atoms with Crippen molar-refractivity contribution < 1.29 is 24.6 Å². The summed E-state index contributed by atoms with van der Waals surface area (Å²) in [7, 11) is 0. The number of hydrogen-bond acceptors (Lipinski definition) is 5. The van der Waals surface area contributed by atoms with Gasteiger partial charge >= 0.3 is 5.97 Å². The van der Waals surface area contributed by atoms with Gasteiger partial charge in [0.2, 0.25) is 5.91 Å². The maximum Gasteiger partial charge on any atom is 0.326 e. The fourth-order valence-electron chi connectivity index (χ4n) is 3.39. The number of carbonyl (C=O) groups is 3. The summed E-state index contributed by atoms with van der Waals surface area (Å²) in [5.74, 6) is -1.71. The summed E-state index contributed by atoms with van der Waals surface area (Å²) in [6.07, 6.45) is 1.51. The van der Waals surface area contributed by atoms with Crippen molar-refractivity contribution in [3.63, 3.8) is 0 Å². The maximum atomic E-state index is 12.9. The number of benzene rings is 1. The number of aliphatic hydroxyl groups excluding tert-OH is 1. The molecule has 1 aromatic heterocycles. The summed E-state index contributed by atoms with van der Waals surface area (Å²) in [5.41, 5.74) is 1.83. The topological polar surface area (TPSA) is 132 Å². The Hall–Kier alpha value is -2.71. The zero-order chi connectivity index (χ0) is 18.8. The second-order valence-corrected chi connectivity index (χ2v) is 6.55. The van der Waals surface area contributed by atoms with Crippen molar-refractivity contribution in [3.05, 3.63) is 35.5 Å². The minimum absolute atomic E-state index is 0.0555. The molecule has 1 fully saturated rings. The minimum Gasteiger partial charge on any atom is -0.480 e. The Kier molecular flexibility index (Phi) is 5.06. The Morgan fingerprint density at radius 3 is 2.73 bits per heavy atom. The third-order valence-corrected chi connectivity index (χ3v) is 4.58. The van der Waals surface area contributed by atoms with E-state index in [1.54, 1.807) is 24.4 Å². The summed E-state index contributed by atoms with van der Waals surface area (Å²) in [5, 5.41) is 25.1. The third kappa shape index (κ3) is 3.61. The van der Waals surface area contributed by atoms with E-state index in [4.69, 9.17) is 0 Å². The van der Waals surface area contributed by atoms with Gasteiger partial charge in [-0.2, -0.15) is 0 Å². The lowest BCUT2D eigenvalue weighted by atomic mass is 9.95. The molecule has 2 aromatic rings. The van der Waals surface area contributed by atoms with Crippen molar-refractivity contribution in [2.75, 3.05) is 6.54 Å². The molecule has 1 aliphatic rings. The van der Waals surface area contributed by atoms with Crippen molar-refractivity contribution in [2.45, 2.75) is 38.0 Å². The Labute approximate surface area is 149 Å². The molecule has 26 heavy (non-hydrogen) atoms. The summed E-state index contributed by atoms with van der Waals surface area (Å²) in [6, 6.07) is 3.71. The first-order valence-electron chi connectivity index (χ1n) is 8.41. The highest BCUT2D eigenvalue weighted by molar-refractivity contribution is 6.11. The Morgan fingerprint density at radius 1 is 1.35 bits per heavy atom. The lowest BCUT2D eigenvalue weighted by molar-refractivity contribution is -0.141. The molecule has 3 rings (SSSR count). The first kappa shape index (κ1) is 18.1. The fourth-order valence-corrected chi connectivity index (χ4v) is 3.39. The van der Waals surface area contributed by atoms with Gasteiger partial charge in [-0.25, -0.2) is 4.79 Å². The second-order valence-electron chi connectivity index (χ2n) is 6.55. The van der Waals surface area contributed by atoms with Crippen molar-refractivity contribution in [1.82, 2.24) is 15.6 Å². The van der Waals surface area contributed by atoms with Gasteiger partial charge in [-0.3, -0.25) is 9.59 Å². The van der Waals surface area contributed by atoms with Gasteiger partial charge in [-0.15, -0.1) is 0 Å². The number of aromatic amines is 1. The van der Waals surface area contributed by atoms with E-state index in [2.05, 4.69) is 15.6 Å². The summed E-state index contributed by atoms with van der Waals surface area (Å²) >= 11 is 0. The van der Waals surface area contributed by atoms with Gasteiger partial charge in [0.1, 0.15) is 6.04 Å². The van der Waals surface area contributed by atoms with Crippen LogP contribution < -0.4 is 10.6 Å². The SMILES string of the molecule is CC(=O)N[C@@H](Cc1c[nH]c2cccc(C(=O)[C@@H]3C[C@@H](O)CN3)c12)C(=O)O. The lowest BCUT2D eigenvalue weighted by Crippen LogP contribution is -2.41. The predicted molar refractivity (Wildman–Crippen MR) is 94.0 cm³/mol. The average Bonchev–Trinajstić information content (AvgIpc) is 3.19. The molecule has 8 nitrogen and oxygen atoms in total. The number of rotatable bonds is 6. The van der Waals surface area contributed by atoms with E-state index in [0.717, 1.165) is 5.52 Å². The van der Waals surface area contributed by atoms with Crippen LogP contribution in [0.5, 0.6) is 0 Å². The maximum absolute atomic E-state index is 12.9. The van der Waals surface area contributed by atoms with Crippen LogP contribution >= 0.6 is 0 Å². The highest BCUT2D eigenvalue weighted by Crippen LogP contribution is 2.26. The van der Waals surface area contributed by atoms with E-state index in [0.29, 0.717) is 29.5 Å². The number of aliphatic hydroxyl groups is 1. The standard InChI is InChI=1S/C18H21N3O5/c1-9(22)21-15(18(25)26)5-10-7-19-13-4-2-3-12(16(10)13)17(24)14-6-11(23)8-20-14/h2-4,7,11,14-15,19-20,23H,5-6,8H2,1H3,(H,21,22)(H,25,26)/t11-,14+,15+/m1/s1. The van der Waals surface area contributed by atoms with Crippen LogP contribution in [0.15, 0.2) is 24.4 Å². The molecule has 0 aliphatic carbocycles. The van der Waals surface area contributed by atoms with Gasteiger partial charge in [0, 0.05) is 42.6 Å². The normalized spacial score (nSPS) is 20.8. The summed E-state index contributed by atoms with van der Waals surface area (Å²) in [6.45, 7) is 1.63. The number of H-pyrrole nitrogens is 1. The monoisotopic (exact) mass is 359 g/mol. The summed E-state index contributed by atoms with van der Waals surface area (Å²) < 4.78 is 0.